The maximum absolute atomic E-state index is 11.3. The van der Waals surface area contributed by atoms with Gasteiger partial charge in [0.1, 0.15) is 0 Å². The maximum atomic E-state index is 11.3. The van der Waals surface area contributed by atoms with E-state index in [2.05, 4.69) is 4.90 Å². The molecule has 2 rings (SSSR count). The van der Waals surface area contributed by atoms with Crippen molar-refractivity contribution in [2.45, 2.75) is 19.3 Å². The number of carbonyl (C=O) groups excluding carboxylic acids is 2. The van der Waals surface area contributed by atoms with Crippen molar-refractivity contribution in [3.63, 3.8) is 0 Å². The van der Waals surface area contributed by atoms with Crippen molar-refractivity contribution in [3.8, 4) is 0 Å². The van der Waals surface area contributed by atoms with Crippen LogP contribution in [0.15, 0.2) is 18.2 Å². The molecule has 0 saturated carbocycles. The summed E-state index contributed by atoms with van der Waals surface area (Å²) >= 11 is 0. The summed E-state index contributed by atoms with van der Waals surface area (Å²) in [6.45, 7) is 1.67. The van der Waals surface area contributed by atoms with Gasteiger partial charge in [-0.2, -0.15) is 0 Å². The van der Waals surface area contributed by atoms with Gasteiger partial charge in [-0.25, -0.2) is 0 Å². The number of primary amides is 2. The number of nitrogen functional groups attached to an aromatic ring is 1. The molecule has 1 saturated heterocycles. The summed E-state index contributed by atoms with van der Waals surface area (Å²) < 4.78 is 0. The Morgan fingerprint density at radius 2 is 1.85 bits per heavy atom. The molecule has 6 heteroatoms. The number of hydrogen-bond donors (Lipinski definition) is 3. The molecule has 1 aromatic rings. The van der Waals surface area contributed by atoms with Crippen molar-refractivity contribution in [1.29, 1.82) is 0 Å². The molecule has 108 valence electrons. The van der Waals surface area contributed by atoms with Crippen molar-refractivity contribution in [2.75, 3.05) is 23.7 Å². The zero-order valence-corrected chi connectivity index (χ0v) is 11.3. The second kappa shape index (κ2) is 5.81. The first kappa shape index (κ1) is 14.2. The van der Waals surface area contributed by atoms with E-state index in [0.717, 1.165) is 31.6 Å². The van der Waals surface area contributed by atoms with Crippen LogP contribution < -0.4 is 22.1 Å². The molecular weight excluding hydrogens is 256 g/mol. The normalized spacial score (nSPS) is 16.1. The molecule has 1 aromatic carbocycles. The van der Waals surface area contributed by atoms with Crippen molar-refractivity contribution >= 4 is 23.2 Å². The lowest BCUT2D eigenvalue weighted by Crippen LogP contribution is -2.35. The largest absolute Gasteiger partial charge is 0.398 e. The number of hydrogen-bond acceptors (Lipinski definition) is 4. The molecular formula is C14H20N4O2. The van der Waals surface area contributed by atoms with Crippen LogP contribution in [0.25, 0.3) is 0 Å². The summed E-state index contributed by atoms with van der Waals surface area (Å²) in [5, 5.41) is 0. The molecule has 0 aliphatic carbocycles. The summed E-state index contributed by atoms with van der Waals surface area (Å²) in [5.74, 6) is -0.409. The molecule has 6 nitrogen and oxygen atoms in total. The molecule has 20 heavy (non-hydrogen) atoms. The van der Waals surface area contributed by atoms with Gasteiger partial charge >= 0.3 is 0 Å². The lowest BCUT2D eigenvalue weighted by atomic mass is 9.93. The van der Waals surface area contributed by atoms with Crippen LogP contribution in [-0.2, 0) is 4.79 Å². The predicted octanol–water partition coefficient (Wildman–Crippen LogP) is 0.459. The molecule has 1 aliphatic heterocycles. The van der Waals surface area contributed by atoms with Gasteiger partial charge in [-0.05, 0) is 37.0 Å². The highest BCUT2D eigenvalue weighted by atomic mass is 16.1. The second-order valence-electron chi connectivity index (χ2n) is 5.24. The fraction of sp³-hybridized carbons (Fsp3) is 0.429. The van der Waals surface area contributed by atoms with Crippen molar-refractivity contribution in [2.24, 2.45) is 17.4 Å². The third-order valence-electron chi connectivity index (χ3n) is 3.77. The molecule has 0 unspecified atom stereocenters. The number of piperidine rings is 1. The lowest BCUT2D eigenvalue weighted by molar-refractivity contribution is -0.119. The van der Waals surface area contributed by atoms with Crippen LogP contribution >= 0.6 is 0 Å². The first-order valence-corrected chi connectivity index (χ1v) is 6.70. The highest BCUT2D eigenvalue weighted by Crippen LogP contribution is 2.27. The summed E-state index contributed by atoms with van der Waals surface area (Å²) in [4.78, 5) is 24.4. The number of nitrogens with zero attached hydrogens (tertiary/aromatic N) is 1. The van der Waals surface area contributed by atoms with Gasteiger partial charge in [0.05, 0.1) is 5.56 Å². The maximum Gasteiger partial charge on any atom is 0.250 e. The highest BCUT2D eigenvalue weighted by molar-refractivity contribution is 5.99. The Bertz CT molecular complexity index is 522. The number of anilines is 2. The van der Waals surface area contributed by atoms with Gasteiger partial charge in [-0.1, -0.05) is 0 Å². The van der Waals surface area contributed by atoms with E-state index < -0.39 is 5.91 Å². The van der Waals surface area contributed by atoms with E-state index in [-0.39, 0.29) is 5.91 Å². The Kier molecular flexibility index (Phi) is 4.12. The minimum atomic E-state index is -0.520. The fourth-order valence-corrected chi connectivity index (χ4v) is 2.63. The highest BCUT2D eigenvalue weighted by Gasteiger charge is 2.21. The smallest absolute Gasteiger partial charge is 0.250 e. The monoisotopic (exact) mass is 276 g/mol. The summed E-state index contributed by atoms with van der Waals surface area (Å²) in [6, 6.07) is 5.31. The zero-order valence-electron chi connectivity index (χ0n) is 11.3. The third-order valence-corrected chi connectivity index (χ3v) is 3.77. The zero-order chi connectivity index (χ0) is 14.7. The van der Waals surface area contributed by atoms with Gasteiger partial charge in [0, 0.05) is 30.9 Å². The van der Waals surface area contributed by atoms with Gasteiger partial charge < -0.3 is 22.1 Å². The number of benzene rings is 1. The number of nitrogens with two attached hydrogens (primary N) is 3. The minimum Gasteiger partial charge on any atom is -0.398 e. The predicted molar refractivity (Wildman–Crippen MR) is 78.1 cm³/mol. The molecule has 0 radical (unpaired) electrons. The number of amides is 2. The summed E-state index contributed by atoms with van der Waals surface area (Å²) in [5.41, 5.74) is 17.9. The van der Waals surface area contributed by atoms with E-state index in [1.54, 1.807) is 12.1 Å². The molecule has 6 N–H and O–H groups in total. The van der Waals surface area contributed by atoms with E-state index in [4.69, 9.17) is 17.2 Å². The SMILES string of the molecule is NC(=O)CC1CCN(c2ccc(N)c(C(N)=O)c2)CC1. The third kappa shape index (κ3) is 3.20. The molecule has 2 amide bonds. The van der Waals surface area contributed by atoms with Crippen molar-refractivity contribution in [3.05, 3.63) is 23.8 Å². The van der Waals surface area contributed by atoms with Crippen LogP contribution in [0.4, 0.5) is 11.4 Å². The molecule has 0 atom stereocenters. The van der Waals surface area contributed by atoms with E-state index in [0.29, 0.717) is 23.6 Å². The van der Waals surface area contributed by atoms with Crippen molar-refractivity contribution in [1.82, 2.24) is 0 Å². The van der Waals surface area contributed by atoms with Crippen LogP contribution in [0.5, 0.6) is 0 Å². The molecule has 0 spiro atoms. The Morgan fingerprint density at radius 1 is 1.20 bits per heavy atom. The van der Waals surface area contributed by atoms with Gasteiger partial charge in [-0.3, -0.25) is 9.59 Å². The molecule has 1 aliphatic rings. The minimum absolute atomic E-state index is 0.244. The number of carbonyl (C=O) groups is 2. The van der Waals surface area contributed by atoms with Gasteiger partial charge in [-0.15, -0.1) is 0 Å². The fourth-order valence-electron chi connectivity index (χ4n) is 2.63. The first-order valence-electron chi connectivity index (χ1n) is 6.70. The van der Waals surface area contributed by atoms with E-state index in [1.807, 2.05) is 6.07 Å². The molecule has 1 heterocycles. The standard InChI is InChI=1S/C14H20N4O2/c15-12-2-1-10(8-11(12)14(17)20)18-5-3-9(4-6-18)7-13(16)19/h1-2,8-9H,3-7,15H2,(H2,16,19)(H2,17,20). The number of rotatable bonds is 4. The summed E-state index contributed by atoms with van der Waals surface area (Å²) in [6.07, 6.45) is 2.28. The van der Waals surface area contributed by atoms with Gasteiger partial charge in [0.2, 0.25) is 5.91 Å². The summed E-state index contributed by atoms with van der Waals surface area (Å²) in [7, 11) is 0. The van der Waals surface area contributed by atoms with Crippen LogP contribution in [0, 0.1) is 5.92 Å². The Morgan fingerprint density at radius 3 is 2.40 bits per heavy atom. The Hall–Kier alpha value is -2.24. The van der Waals surface area contributed by atoms with Crippen LogP contribution in [-0.4, -0.2) is 24.9 Å². The average molecular weight is 276 g/mol. The van der Waals surface area contributed by atoms with Crippen LogP contribution in [0.1, 0.15) is 29.6 Å². The van der Waals surface area contributed by atoms with Crippen molar-refractivity contribution < 1.29 is 9.59 Å². The van der Waals surface area contributed by atoms with Gasteiger partial charge in [0.15, 0.2) is 0 Å². The molecule has 1 fully saturated rings. The quantitative estimate of drug-likeness (QED) is 0.693. The van der Waals surface area contributed by atoms with E-state index >= 15 is 0 Å². The van der Waals surface area contributed by atoms with Gasteiger partial charge in [0.25, 0.3) is 5.91 Å². The first-order chi connectivity index (χ1) is 9.47. The second-order valence-corrected chi connectivity index (χ2v) is 5.24. The Balaban J connectivity index is 2.05. The molecule has 0 bridgehead atoms. The lowest BCUT2D eigenvalue weighted by Gasteiger charge is -2.33. The molecule has 0 aromatic heterocycles. The topological polar surface area (TPSA) is 115 Å². The van der Waals surface area contributed by atoms with Crippen LogP contribution in [0.2, 0.25) is 0 Å². The average Bonchev–Trinajstić information content (AvgIpc) is 2.39. The van der Waals surface area contributed by atoms with E-state index in [1.165, 1.54) is 0 Å². The van der Waals surface area contributed by atoms with Crippen LogP contribution in [0.3, 0.4) is 0 Å². The van der Waals surface area contributed by atoms with E-state index in [9.17, 15) is 9.59 Å². The Labute approximate surface area is 117 Å².